The van der Waals surface area contributed by atoms with E-state index in [2.05, 4.69) is 55.1 Å². The van der Waals surface area contributed by atoms with Crippen molar-refractivity contribution in [3.63, 3.8) is 0 Å². The van der Waals surface area contributed by atoms with Gasteiger partial charge in [-0.15, -0.1) is 0 Å². The van der Waals surface area contributed by atoms with Gasteiger partial charge in [0.1, 0.15) is 0 Å². The monoisotopic (exact) mass is 328 g/mol. The molecule has 1 aliphatic rings. The fraction of sp³-hybridized carbons (Fsp3) is 0.941. The summed E-state index contributed by atoms with van der Waals surface area (Å²) in [5.41, 5.74) is -0.720. The van der Waals surface area contributed by atoms with E-state index in [1.165, 1.54) is 0 Å². The van der Waals surface area contributed by atoms with E-state index < -0.39 is 5.60 Å². The Labute approximate surface area is 141 Å². The molecule has 23 heavy (non-hydrogen) atoms. The first kappa shape index (κ1) is 20.2. The molecule has 6 heteroatoms. The third-order valence-electron chi connectivity index (χ3n) is 4.29. The minimum Gasteiger partial charge on any atom is -0.388 e. The molecule has 136 valence electrons. The molecule has 0 amide bonds. The summed E-state index contributed by atoms with van der Waals surface area (Å²) in [5, 5.41) is 17.1. The molecule has 0 aromatic heterocycles. The summed E-state index contributed by atoms with van der Waals surface area (Å²) in [6, 6.07) is 1.05. The largest absolute Gasteiger partial charge is 0.388 e. The van der Waals surface area contributed by atoms with E-state index in [1.807, 2.05) is 0 Å². The molecule has 1 aliphatic heterocycles. The zero-order valence-electron chi connectivity index (χ0n) is 15.6. The van der Waals surface area contributed by atoms with Crippen LogP contribution < -0.4 is 10.6 Å². The number of nitrogens with one attached hydrogen (secondary N) is 2. The van der Waals surface area contributed by atoms with Crippen LogP contribution in [0.25, 0.3) is 0 Å². The molecular formula is C17H36N4O2. The number of aliphatic hydroxyl groups is 1. The molecule has 0 aromatic rings. The fourth-order valence-corrected chi connectivity index (χ4v) is 2.89. The number of nitrogens with zero attached hydrogens (tertiary/aromatic N) is 2. The van der Waals surface area contributed by atoms with Gasteiger partial charge in [0, 0.05) is 57.8 Å². The van der Waals surface area contributed by atoms with E-state index in [0.29, 0.717) is 44.7 Å². The summed E-state index contributed by atoms with van der Waals surface area (Å²) in [4.78, 5) is 7.01. The standard InChI is InChI=1S/C17H36N4O2/c1-6-18-16(19-9-10-21(14(2)3)15(4)5)20-13-17(22)7-11-23-12-8-17/h14-15,22H,6-13H2,1-5H3,(H2,18,19,20). The summed E-state index contributed by atoms with van der Waals surface area (Å²) < 4.78 is 5.31. The number of guanidine groups is 1. The van der Waals surface area contributed by atoms with Gasteiger partial charge in [0.15, 0.2) is 5.96 Å². The van der Waals surface area contributed by atoms with E-state index in [9.17, 15) is 5.11 Å². The van der Waals surface area contributed by atoms with Crippen molar-refractivity contribution >= 4 is 5.96 Å². The van der Waals surface area contributed by atoms with Crippen LogP contribution in [0.4, 0.5) is 0 Å². The third kappa shape index (κ3) is 7.50. The summed E-state index contributed by atoms with van der Waals surface area (Å²) in [6.45, 7) is 15.2. The predicted octanol–water partition coefficient (Wildman–Crippen LogP) is 1.20. The first-order chi connectivity index (χ1) is 10.9. The Hall–Kier alpha value is -0.850. The molecule has 0 atom stereocenters. The molecule has 0 saturated carbocycles. The Morgan fingerprint density at radius 1 is 1.17 bits per heavy atom. The van der Waals surface area contributed by atoms with Crippen LogP contribution in [0.2, 0.25) is 0 Å². The van der Waals surface area contributed by atoms with Gasteiger partial charge >= 0.3 is 0 Å². The first-order valence-electron chi connectivity index (χ1n) is 8.96. The molecule has 6 nitrogen and oxygen atoms in total. The lowest BCUT2D eigenvalue weighted by atomic mass is 9.95. The highest BCUT2D eigenvalue weighted by Crippen LogP contribution is 2.20. The van der Waals surface area contributed by atoms with Crippen molar-refractivity contribution in [3.05, 3.63) is 0 Å². The highest BCUT2D eigenvalue weighted by molar-refractivity contribution is 5.79. The smallest absolute Gasteiger partial charge is 0.191 e. The van der Waals surface area contributed by atoms with E-state index in [4.69, 9.17) is 4.74 Å². The van der Waals surface area contributed by atoms with Crippen LogP contribution in [0.5, 0.6) is 0 Å². The average molecular weight is 329 g/mol. The van der Waals surface area contributed by atoms with Crippen LogP contribution in [0.1, 0.15) is 47.5 Å². The summed E-state index contributed by atoms with van der Waals surface area (Å²) >= 11 is 0. The Bertz CT molecular complexity index is 345. The molecule has 0 spiro atoms. The molecule has 0 aromatic carbocycles. The van der Waals surface area contributed by atoms with Gasteiger partial charge in [0.2, 0.25) is 0 Å². The molecule has 0 unspecified atom stereocenters. The normalized spacial score (nSPS) is 18.7. The van der Waals surface area contributed by atoms with Crippen molar-refractivity contribution in [3.8, 4) is 0 Å². The predicted molar refractivity (Wildman–Crippen MR) is 96.0 cm³/mol. The summed E-state index contributed by atoms with van der Waals surface area (Å²) in [5.74, 6) is 0.778. The maximum atomic E-state index is 10.5. The van der Waals surface area contributed by atoms with E-state index in [-0.39, 0.29) is 0 Å². The summed E-state index contributed by atoms with van der Waals surface area (Å²) in [7, 11) is 0. The number of rotatable bonds is 8. The van der Waals surface area contributed by atoms with Gasteiger partial charge < -0.3 is 20.5 Å². The molecule has 0 bridgehead atoms. The second-order valence-electron chi connectivity index (χ2n) is 6.88. The molecule has 0 aliphatic carbocycles. The first-order valence-corrected chi connectivity index (χ1v) is 8.96. The van der Waals surface area contributed by atoms with Crippen LogP contribution in [0.15, 0.2) is 4.99 Å². The second-order valence-corrected chi connectivity index (χ2v) is 6.88. The van der Waals surface area contributed by atoms with Crippen molar-refractivity contribution in [2.24, 2.45) is 4.99 Å². The van der Waals surface area contributed by atoms with Crippen molar-refractivity contribution in [2.45, 2.75) is 65.1 Å². The van der Waals surface area contributed by atoms with E-state index in [1.54, 1.807) is 0 Å². The zero-order valence-corrected chi connectivity index (χ0v) is 15.6. The van der Waals surface area contributed by atoms with Crippen molar-refractivity contribution in [2.75, 3.05) is 39.4 Å². The van der Waals surface area contributed by atoms with E-state index in [0.717, 1.165) is 25.6 Å². The highest BCUT2D eigenvalue weighted by Gasteiger charge is 2.29. The maximum Gasteiger partial charge on any atom is 0.191 e. The lowest BCUT2D eigenvalue weighted by Crippen LogP contribution is -2.46. The molecule has 1 saturated heterocycles. The van der Waals surface area contributed by atoms with Crippen LogP contribution >= 0.6 is 0 Å². The number of aliphatic imine (C=N–C) groups is 1. The van der Waals surface area contributed by atoms with Crippen LogP contribution in [-0.2, 0) is 4.74 Å². The van der Waals surface area contributed by atoms with Gasteiger partial charge in [-0.2, -0.15) is 0 Å². The highest BCUT2D eigenvalue weighted by atomic mass is 16.5. The lowest BCUT2D eigenvalue weighted by Gasteiger charge is -2.31. The second kappa shape index (κ2) is 10.1. The number of hydrogen-bond acceptors (Lipinski definition) is 4. The number of hydrogen-bond donors (Lipinski definition) is 3. The SMILES string of the molecule is CCNC(=NCC1(O)CCOCC1)NCCN(C(C)C)C(C)C. The fourth-order valence-electron chi connectivity index (χ4n) is 2.89. The minimum absolute atomic E-state index is 0.420. The van der Waals surface area contributed by atoms with Gasteiger partial charge in [0.25, 0.3) is 0 Å². The topological polar surface area (TPSA) is 69.1 Å². The number of ether oxygens (including phenoxy) is 1. The zero-order chi connectivity index (χ0) is 17.3. The van der Waals surface area contributed by atoms with Gasteiger partial charge in [-0.25, -0.2) is 0 Å². The molecular weight excluding hydrogens is 292 g/mol. The molecule has 1 rings (SSSR count). The average Bonchev–Trinajstić information content (AvgIpc) is 2.49. The summed E-state index contributed by atoms with van der Waals surface area (Å²) in [6.07, 6.45) is 1.31. The third-order valence-corrected chi connectivity index (χ3v) is 4.29. The van der Waals surface area contributed by atoms with Gasteiger partial charge in [-0.3, -0.25) is 9.89 Å². The Balaban J connectivity index is 2.48. The Morgan fingerprint density at radius 3 is 2.30 bits per heavy atom. The Kier molecular flexibility index (Phi) is 8.87. The Morgan fingerprint density at radius 2 is 1.78 bits per heavy atom. The van der Waals surface area contributed by atoms with Crippen molar-refractivity contribution in [1.82, 2.24) is 15.5 Å². The minimum atomic E-state index is -0.720. The quantitative estimate of drug-likeness (QED) is 0.461. The van der Waals surface area contributed by atoms with Crippen molar-refractivity contribution in [1.29, 1.82) is 0 Å². The molecule has 3 N–H and O–H groups in total. The van der Waals surface area contributed by atoms with Crippen LogP contribution in [0, 0.1) is 0 Å². The van der Waals surface area contributed by atoms with E-state index >= 15 is 0 Å². The van der Waals surface area contributed by atoms with Crippen LogP contribution in [-0.4, -0.2) is 73.0 Å². The van der Waals surface area contributed by atoms with Crippen molar-refractivity contribution < 1.29 is 9.84 Å². The maximum absolute atomic E-state index is 10.5. The molecule has 1 heterocycles. The van der Waals surface area contributed by atoms with Gasteiger partial charge in [0.05, 0.1) is 12.1 Å². The molecule has 1 fully saturated rings. The van der Waals surface area contributed by atoms with Crippen LogP contribution in [0.3, 0.4) is 0 Å². The molecule has 0 radical (unpaired) electrons. The van der Waals surface area contributed by atoms with Gasteiger partial charge in [-0.1, -0.05) is 0 Å². The van der Waals surface area contributed by atoms with Gasteiger partial charge in [-0.05, 0) is 34.6 Å². The lowest BCUT2D eigenvalue weighted by molar-refractivity contribution is -0.0565.